The third-order valence-corrected chi connectivity index (χ3v) is 2.65. The second-order valence-corrected chi connectivity index (χ2v) is 3.99. The van der Waals surface area contributed by atoms with E-state index < -0.39 is 11.6 Å². The molecule has 0 unspecified atom stereocenters. The van der Waals surface area contributed by atoms with Crippen molar-refractivity contribution >= 4 is 11.5 Å². The van der Waals surface area contributed by atoms with Crippen molar-refractivity contribution in [1.82, 2.24) is 0 Å². The molecule has 0 fully saturated rings. The fourth-order valence-corrected chi connectivity index (χ4v) is 1.70. The second-order valence-electron chi connectivity index (χ2n) is 3.99. The van der Waals surface area contributed by atoms with Crippen molar-refractivity contribution in [2.45, 2.75) is 26.2 Å². The maximum absolute atomic E-state index is 13.5. The standard InChI is InChI=1S/C12H14F2N2/c1-8-6-10(14)11(7-9(8)13)16-12-4-2-3-5-15-12/h6-7H,2-5H2,1H3,(H,15,16). The van der Waals surface area contributed by atoms with Crippen LogP contribution in [-0.2, 0) is 0 Å². The normalized spacial score (nSPS) is 15.8. The molecule has 1 aliphatic heterocycles. The lowest BCUT2D eigenvalue weighted by atomic mass is 10.1. The average molecular weight is 224 g/mol. The summed E-state index contributed by atoms with van der Waals surface area (Å²) in [6.07, 6.45) is 2.91. The Bertz CT molecular complexity index is 427. The van der Waals surface area contributed by atoms with Gasteiger partial charge in [-0.25, -0.2) is 8.78 Å². The van der Waals surface area contributed by atoms with Crippen LogP contribution in [0.5, 0.6) is 0 Å². The summed E-state index contributed by atoms with van der Waals surface area (Å²) in [6.45, 7) is 2.30. The third kappa shape index (κ3) is 2.38. The Balaban J connectivity index is 2.20. The first-order chi connectivity index (χ1) is 7.66. The average Bonchev–Trinajstić information content (AvgIpc) is 2.27. The van der Waals surface area contributed by atoms with Crippen LogP contribution in [0.15, 0.2) is 17.1 Å². The minimum Gasteiger partial charge on any atom is -0.342 e. The van der Waals surface area contributed by atoms with Crippen LogP contribution in [0.1, 0.15) is 24.8 Å². The molecular weight excluding hydrogens is 210 g/mol. The van der Waals surface area contributed by atoms with Crippen molar-refractivity contribution in [3.63, 3.8) is 0 Å². The van der Waals surface area contributed by atoms with Gasteiger partial charge in [-0.1, -0.05) is 0 Å². The lowest BCUT2D eigenvalue weighted by molar-refractivity contribution is 0.595. The molecule has 1 N–H and O–H groups in total. The van der Waals surface area contributed by atoms with Gasteiger partial charge in [-0.15, -0.1) is 0 Å². The fraction of sp³-hybridized carbons (Fsp3) is 0.417. The number of benzene rings is 1. The van der Waals surface area contributed by atoms with E-state index in [1.807, 2.05) is 0 Å². The van der Waals surface area contributed by atoms with Gasteiger partial charge in [-0.2, -0.15) is 0 Å². The first kappa shape index (κ1) is 11.0. The zero-order chi connectivity index (χ0) is 11.5. The quantitative estimate of drug-likeness (QED) is 0.777. The molecule has 0 aromatic heterocycles. The number of nitrogens with zero attached hydrogens (tertiary/aromatic N) is 1. The Labute approximate surface area is 93.4 Å². The summed E-state index contributed by atoms with van der Waals surface area (Å²) >= 11 is 0. The molecule has 0 aliphatic carbocycles. The molecule has 0 saturated carbocycles. The molecule has 1 aromatic carbocycles. The lowest BCUT2D eigenvalue weighted by Gasteiger charge is -2.14. The summed E-state index contributed by atoms with van der Waals surface area (Å²) < 4.78 is 26.8. The molecule has 0 bridgehead atoms. The Kier molecular flexibility index (Phi) is 3.17. The minimum absolute atomic E-state index is 0.170. The molecule has 86 valence electrons. The molecule has 0 atom stereocenters. The van der Waals surface area contributed by atoms with E-state index in [-0.39, 0.29) is 5.69 Å². The van der Waals surface area contributed by atoms with E-state index in [0.717, 1.165) is 31.6 Å². The predicted octanol–water partition coefficient (Wildman–Crippen LogP) is 3.27. The van der Waals surface area contributed by atoms with Crippen LogP contribution in [0, 0.1) is 18.6 Å². The van der Waals surface area contributed by atoms with Gasteiger partial charge in [0.15, 0.2) is 0 Å². The smallest absolute Gasteiger partial charge is 0.147 e. The van der Waals surface area contributed by atoms with Gasteiger partial charge in [0.2, 0.25) is 0 Å². The number of hydrogen-bond donors (Lipinski definition) is 1. The number of hydrogen-bond acceptors (Lipinski definition) is 2. The summed E-state index contributed by atoms with van der Waals surface area (Å²) in [5.74, 6) is -0.0964. The molecule has 0 saturated heterocycles. The van der Waals surface area contributed by atoms with Crippen LogP contribution in [-0.4, -0.2) is 12.4 Å². The van der Waals surface area contributed by atoms with Gasteiger partial charge in [0.25, 0.3) is 0 Å². The topological polar surface area (TPSA) is 24.4 Å². The van der Waals surface area contributed by atoms with Crippen molar-refractivity contribution in [1.29, 1.82) is 0 Å². The van der Waals surface area contributed by atoms with E-state index in [9.17, 15) is 8.78 Å². The molecule has 16 heavy (non-hydrogen) atoms. The van der Waals surface area contributed by atoms with Crippen LogP contribution in [0.4, 0.5) is 14.5 Å². The Morgan fingerprint density at radius 2 is 2.00 bits per heavy atom. The predicted molar refractivity (Wildman–Crippen MR) is 60.9 cm³/mol. The summed E-state index contributed by atoms with van der Waals surface area (Å²) in [4.78, 5) is 4.23. The van der Waals surface area contributed by atoms with Crippen molar-refractivity contribution in [2.24, 2.45) is 4.99 Å². The highest BCUT2D eigenvalue weighted by atomic mass is 19.1. The monoisotopic (exact) mass is 224 g/mol. The zero-order valence-electron chi connectivity index (χ0n) is 9.19. The molecule has 4 heteroatoms. The highest BCUT2D eigenvalue weighted by molar-refractivity contribution is 5.95. The van der Waals surface area contributed by atoms with Gasteiger partial charge in [0.1, 0.15) is 17.5 Å². The Morgan fingerprint density at radius 1 is 1.19 bits per heavy atom. The molecular formula is C12H14F2N2. The zero-order valence-corrected chi connectivity index (χ0v) is 9.19. The van der Waals surface area contributed by atoms with Crippen LogP contribution in [0.2, 0.25) is 0 Å². The molecule has 1 aliphatic rings. The maximum atomic E-state index is 13.5. The van der Waals surface area contributed by atoms with Crippen molar-refractivity contribution in [3.8, 4) is 0 Å². The number of rotatable bonds is 1. The Hall–Kier alpha value is -1.45. The molecule has 2 rings (SSSR count). The molecule has 0 amide bonds. The van der Waals surface area contributed by atoms with E-state index in [2.05, 4.69) is 10.3 Å². The highest BCUT2D eigenvalue weighted by Crippen LogP contribution is 2.20. The van der Waals surface area contributed by atoms with E-state index in [0.29, 0.717) is 5.56 Å². The molecule has 0 spiro atoms. The van der Waals surface area contributed by atoms with Crippen LogP contribution in [0.3, 0.4) is 0 Å². The third-order valence-electron chi connectivity index (χ3n) is 2.65. The number of anilines is 1. The van der Waals surface area contributed by atoms with Gasteiger partial charge in [0.05, 0.1) is 5.69 Å². The molecule has 1 aromatic rings. The molecule has 1 heterocycles. The number of nitrogens with one attached hydrogen (secondary N) is 1. The lowest BCUT2D eigenvalue weighted by Crippen LogP contribution is -2.17. The minimum atomic E-state index is -0.438. The summed E-state index contributed by atoms with van der Waals surface area (Å²) in [5, 5.41) is 2.85. The summed E-state index contributed by atoms with van der Waals surface area (Å²) in [5.41, 5.74) is 0.484. The maximum Gasteiger partial charge on any atom is 0.147 e. The van der Waals surface area contributed by atoms with Crippen molar-refractivity contribution in [3.05, 3.63) is 29.3 Å². The van der Waals surface area contributed by atoms with Gasteiger partial charge in [-0.05, 0) is 31.4 Å². The SMILES string of the molecule is Cc1cc(F)c(NC2=NCCCC2)cc1F. The van der Waals surface area contributed by atoms with E-state index >= 15 is 0 Å². The van der Waals surface area contributed by atoms with Gasteiger partial charge in [0, 0.05) is 19.0 Å². The summed E-state index contributed by atoms with van der Waals surface area (Å²) in [7, 11) is 0. The Morgan fingerprint density at radius 3 is 2.69 bits per heavy atom. The first-order valence-corrected chi connectivity index (χ1v) is 5.43. The number of halogens is 2. The van der Waals surface area contributed by atoms with Crippen molar-refractivity contribution in [2.75, 3.05) is 11.9 Å². The highest BCUT2D eigenvalue weighted by Gasteiger charge is 2.10. The van der Waals surface area contributed by atoms with E-state index in [4.69, 9.17) is 0 Å². The summed E-state index contributed by atoms with van der Waals surface area (Å²) in [6, 6.07) is 2.38. The van der Waals surface area contributed by atoms with Gasteiger partial charge >= 0.3 is 0 Å². The second kappa shape index (κ2) is 4.60. The van der Waals surface area contributed by atoms with E-state index in [1.54, 1.807) is 6.92 Å². The van der Waals surface area contributed by atoms with Gasteiger partial charge in [-0.3, -0.25) is 4.99 Å². The van der Waals surface area contributed by atoms with Crippen molar-refractivity contribution < 1.29 is 8.78 Å². The largest absolute Gasteiger partial charge is 0.342 e. The van der Waals surface area contributed by atoms with E-state index in [1.165, 1.54) is 12.1 Å². The van der Waals surface area contributed by atoms with Crippen LogP contribution in [0.25, 0.3) is 0 Å². The number of amidine groups is 1. The first-order valence-electron chi connectivity index (χ1n) is 5.43. The molecule has 0 radical (unpaired) electrons. The van der Waals surface area contributed by atoms with Gasteiger partial charge < -0.3 is 5.32 Å². The fourth-order valence-electron chi connectivity index (χ4n) is 1.70. The number of aliphatic imine (C=N–C) groups is 1. The molecule has 2 nitrogen and oxygen atoms in total. The van der Waals surface area contributed by atoms with Crippen LogP contribution >= 0.6 is 0 Å². The van der Waals surface area contributed by atoms with Crippen LogP contribution < -0.4 is 5.32 Å². The number of aryl methyl sites for hydroxylation is 1.